The third-order valence-electron chi connectivity index (χ3n) is 4.63. The number of morpholine rings is 1. The van der Waals surface area contributed by atoms with Crippen LogP contribution in [-0.4, -0.2) is 43.0 Å². The van der Waals surface area contributed by atoms with E-state index in [2.05, 4.69) is 5.32 Å². The largest absolute Gasteiger partial charge is 0.378 e. The Morgan fingerprint density at radius 1 is 1.16 bits per heavy atom. The Morgan fingerprint density at radius 3 is 2.52 bits per heavy atom. The predicted molar refractivity (Wildman–Crippen MR) is 100 cm³/mol. The lowest BCUT2D eigenvalue weighted by Gasteiger charge is -2.28. The molecule has 1 aromatic rings. The summed E-state index contributed by atoms with van der Waals surface area (Å²) in [6.45, 7) is 8.56. The van der Waals surface area contributed by atoms with Crippen molar-refractivity contribution in [3.05, 3.63) is 16.0 Å². The molecule has 2 aliphatic rings. The first-order valence-electron chi connectivity index (χ1n) is 9.16. The van der Waals surface area contributed by atoms with E-state index >= 15 is 0 Å². The van der Waals surface area contributed by atoms with E-state index < -0.39 is 0 Å². The Morgan fingerprint density at radius 2 is 1.84 bits per heavy atom. The van der Waals surface area contributed by atoms with Crippen LogP contribution in [0.1, 0.15) is 60.8 Å². The molecule has 0 saturated carbocycles. The molecule has 6 heteroatoms. The zero-order chi connectivity index (χ0) is 18.0. The van der Waals surface area contributed by atoms with Crippen molar-refractivity contribution >= 4 is 28.2 Å². The highest BCUT2D eigenvalue weighted by molar-refractivity contribution is 7.17. The Labute approximate surface area is 153 Å². The van der Waals surface area contributed by atoms with Crippen LogP contribution >= 0.6 is 11.3 Å². The number of ether oxygens (including phenoxy) is 1. The molecule has 5 nitrogen and oxygen atoms in total. The summed E-state index contributed by atoms with van der Waals surface area (Å²) in [7, 11) is 0. The quantitative estimate of drug-likeness (QED) is 0.893. The summed E-state index contributed by atoms with van der Waals surface area (Å²) < 4.78 is 5.37. The van der Waals surface area contributed by atoms with Crippen molar-refractivity contribution in [2.45, 2.75) is 52.9 Å². The molecule has 0 unspecified atom stereocenters. The molecule has 1 aromatic heterocycles. The van der Waals surface area contributed by atoms with Crippen LogP contribution in [0.4, 0.5) is 5.00 Å². The fourth-order valence-corrected chi connectivity index (χ4v) is 4.75. The van der Waals surface area contributed by atoms with Crippen molar-refractivity contribution in [3.8, 4) is 0 Å². The van der Waals surface area contributed by atoms with Gasteiger partial charge in [0.25, 0.3) is 5.91 Å². The SMILES string of the molecule is CC(C)(C)CC(=O)Nc1sc2c(c1C(=O)N1CCOCC1)CCCC2. The molecule has 0 atom stereocenters. The molecule has 2 amide bonds. The van der Waals surface area contributed by atoms with Gasteiger partial charge in [0, 0.05) is 24.4 Å². The van der Waals surface area contributed by atoms with Crippen LogP contribution in [-0.2, 0) is 22.4 Å². The number of fused-ring (bicyclic) bond motifs is 1. The first-order valence-corrected chi connectivity index (χ1v) is 9.98. The summed E-state index contributed by atoms with van der Waals surface area (Å²) in [6.07, 6.45) is 4.67. The molecule has 1 saturated heterocycles. The van der Waals surface area contributed by atoms with Crippen LogP contribution in [0, 0.1) is 5.41 Å². The lowest BCUT2D eigenvalue weighted by Crippen LogP contribution is -2.41. The number of hydrogen-bond acceptors (Lipinski definition) is 4. The second-order valence-electron chi connectivity index (χ2n) is 8.11. The summed E-state index contributed by atoms with van der Waals surface area (Å²) in [5, 5.41) is 3.79. The van der Waals surface area contributed by atoms with Gasteiger partial charge in [-0.15, -0.1) is 11.3 Å². The number of hydrogen-bond donors (Lipinski definition) is 1. The Balaban J connectivity index is 1.87. The lowest BCUT2D eigenvalue weighted by molar-refractivity contribution is -0.117. The molecule has 1 fully saturated rings. The molecule has 0 radical (unpaired) electrons. The highest BCUT2D eigenvalue weighted by Crippen LogP contribution is 2.39. The summed E-state index contributed by atoms with van der Waals surface area (Å²) in [5.74, 6) is 0.0379. The average molecular weight is 365 g/mol. The van der Waals surface area contributed by atoms with Crippen molar-refractivity contribution in [1.29, 1.82) is 0 Å². The zero-order valence-corrected chi connectivity index (χ0v) is 16.3. The van der Waals surface area contributed by atoms with Crippen LogP contribution in [0.5, 0.6) is 0 Å². The first-order chi connectivity index (χ1) is 11.8. The van der Waals surface area contributed by atoms with Crippen LogP contribution in [0.15, 0.2) is 0 Å². The van der Waals surface area contributed by atoms with E-state index in [0.29, 0.717) is 32.7 Å². The third-order valence-corrected chi connectivity index (χ3v) is 5.83. The lowest BCUT2D eigenvalue weighted by atomic mass is 9.92. The van der Waals surface area contributed by atoms with Crippen LogP contribution in [0.2, 0.25) is 0 Å². The van der Waals surface area contributed by atoms with Crippen molar-refractivity contribution < 1.29 is 14.3 Å². The number of thiophene rings is 1. The minimum atomic E-state index is -0.0741. The smallest absolute Gasteiger partial charge is 0.257 e. The van der Waals surface area contributed by atoms with Crippen molar-refractivity contribution in [2.24, 2.45) is 5.41 Å². The van der Waals surface area contributed by atoms with Gasteiger partial charge in [-0.05, 0) is 36.7 Å². The summed E-state index contributed by atoms with van der Waals surface area (Å²) in [6, 6.07) is 0. The summed E-state index contributed by atoms with van der Waals surface area (Å²) >= 11 is 1.60. The fraction of sp³-hybridized carbons (Fsp3) is 0.684. The van der Waals surface area contributed by atoms with Gasteiger partial charge in [0.15, 0.2) is 0 Å². The van der Waals surface area contributed by atoms with Crippen molar-refractivity contribution in [2.75, 3.05) is 31.6 Å². The van der Waals surface area contributed by atoms with Crippen molar-refractivity contribution in [3.63, 3.8) is 0 Å². The van der Waals surface area contributed by atoms with Gasteiger partial charge in [-0.25, -0.2) is 0 Å². The van der Waals surface area contributed by atoms with E-state index in [0.717, 1.165) is 36.2 Å². The van der Waals surface area contributed by atoms with E-state index in [1.165, 1.54) is 10.4 Å². The van der Waals surface area contributed by atoms with Gasteiger partial charge in [-0.3, -0.25) is 9.59 Å². The molecule has 3 rings (SSSR count). The number of carbonyl (C=O) groups excluding carboxylic acids is 2. The zero-order valence-electron chi connectivity index (χ0n) is 15.4. The minimum Gasteiger partial charge on any atom is -0.378 e. The van der Waals surface area contributed by atoms with E-state index in [9.17, 15) is 9.59 Å². The fourth-order valence-electron chi connectivity index (χ4n) is 3.46. The van der Waals surface area contributed by atoms with Gasteiger partial charge in [-0.1, -0.05) is 20.8 Å². The van der Waals surface area contributed by atoms with Gasteiger partial charge in [-0.2, -0.15) is 0 Å². The predicted octanol–water partition coefficient (Wildman–Crippen LogP) is 3.47. The maximum absolute atomic E-state index is 13.1. The molecule has 0 spiro atoms. The van der Waals surface area contributed by atoms with Gasteiger partial charge >= 0.3 is 0 Å². The van der Waals surface area contributed by atoms with Gasteiger partial charge in [0.2, 0.25) is 5.91 Å². The molecular formula is C19H28N2O3S. The van der Waals surface area contributed by atoms with Gasteiger partial charge < -0.3 is 15.0 Å². The maximum atomic E-state index is 13.1. The average Bonchev–Trinajstić information content (AvgIpc) is 2.90. The molecule has 2 heterocycles. The second kappa shape index (κ2) is 7.46. The monoisotopic (exact) mass is 364 g/mol. The number of carbonyl (C=O) groups is 2. The third kappa shape index (κ3) is 4.42. The number of anilines is 1. The molecule has 1 aliphatic heterocycles. The van der Waals surface area contributed by atoms with Crippen LogP contribution in [0.25, 0.3) is 0 Å². The first kappa shape index (κ1) is 18.4. The van der Waals surface area contributed by atoms with E-state index in [1.807, 2.05) is 25.7 Å². The van der Waals surface area contributed by atoms with E-state index in [1.54, 1.807) is 11.3 Å². The highest BCUT2D eigenvalue weighted by Gasteiger charge is 2.30. The second-order valence-corrected chi connectivity index (χ2v) is 9.21. The topological polar surface area (TPSA) is 58.6 Å². The van der Waals surface area contributed by atoms with Crippen LogP contribution < -0.4 is 5.32 Å². The minimum absolute atomic E-state index is 0.0119. The van der Waals surface area contributed by atoms with Gasteiger partial charge in [0.05, 0.1) is 18.8 Å². The molecular weight excluding hydrogens is 336 g/mol. The molecule has 25 heavy (non-hydrogen) atoms. The molecule has 1 N–H and O–H groups in total. The Kier molecular flexibility index (Phi) is 5.49. The number of nitrogens with zero attached hydrogens (tertiary/aromatic N) is 1. The van der Waals surface area contributed by atoms with E-state index in [-0.39, 0.29) is 17.2 Å². The maximum Gasteiger partial charge on any atom is 0.257 e. The summed E-state index contributed by atoms with van der Waals surface area (Å²) in [5.41, 5.74) is 1.83. The number of rotatable bonds is 3. The van der Waals surface area contributed by atoms with E-state index in [4.69, 9.17) is 4.74 Å². The highest BCUT2D eigenvalue weighted by atomic mass is 32.1. The number of amides is 2. The molecule has 0 bridgehead atoms. The Hall–Kier alpha value is -1.40. The molecule has 0 aromatic carbocycles. The summed E-state index contributed by atoms with van der Waals surface area (Å²) in [4.78, 5) is 28.7. The number of nitrogens with one attached hydrogen (secondary N) is 1. The molecule has 138 valence electrons. The van der Waals surface area contributed by atoms with Gasteiger partial charge in [0.1, 0.15) is 5.00 Å². The number of aryl methyl sites for hydroxylation is 1. The molecule has 1 aliphatic carbocycles. The van der Waals surface area contributed by atoms with Crippen molar-refractivity contribution in [1.82, 2.24) is 4.90 Å². The normalized spacial score (nSPS) is 18.0. The van der Waals surface area contributed by atoms with Crippen LogP contribution in [0.3, 0.4) is 0 Å². The Bertz CT molecular complexity index is 654. The standard InChI is InChI=1S/C19H28N2O3S/c1-19(2,3)12-15(22)20-17-16(13-6-4-5-7-14(13)25-17)18(23)21-8-10-24-11-9-21/h4-12H2,1-3H3,(H,20,22).